The Morgan fingerprint density at radius 1 is 1.12 bits per heavy atom. The van der Waals surface area contributed by atoms with Crippen molar-refractivity contribution in [3.05, 3.63) is 70.4 Å². The van der Waals surface area contributed by atoms with Crippen LogP contribution in [0.25, 0.3) is 10.9 Å². The molecule has 0 saturated carbocycles. The van der Waals surface area contributed by atoms with Crippen LogP contribution in [0.1, 0.15) is 39.4 Å². The average molecular weight is 357 g/mol. The highest BCUT2D eigenvalue weighted by Crippen LogP contribution is 2.23. The van der Waals surface area contributed by atoms with Gasteiger partial charge in [-0.3, -0.25) is 4.79 Å². The normalized spacial score (nSPS) is 12.1. The standard InChI is InChI=1S/C19H17ClN2O3/c1-11(12-3-5-13(6-4-12)19(24)25)21-18(23)17-9-14-7-8-15(20)10-16(14)22(17)2/h3-11H,1-2H3,(H,21,23)(H,24,25)/t11-/m1/s1. The van der Waals surface area contributed by atoms with Gasteiger partial charge < -0.3 is 15.0 Å². The van der Waals surface area contributed by atoms with Crippen LogP contribution in [-0.4, -0.2) is 21.6 Å². The molecule has 0 aliphatic carbocycles. The van der Waals surface area contributed by atoms with E-state index in [1.54, 1.807) is 22.8 Å². The first kappa shape index (κ1) is 17.0. The van der Waals surface area contributed by atoms with Gasteiger partial charge in [0.05, 0.1) is 11.6 Å². The first-order valence-corrected chi connectivity index (χ1v) is 8.13. The summed E-state index contributed by atoms with van der Waals surface area (Å²) in [6, 6.07) is 13.5. The van der Waals surface area contributed by atoms with Gasteiger partial charge in [-0.15, -0.1) is 0 Å². The molecule has 0 radical (unpaired) electrons. The third-order valence-electron chi connectivity index (χ3n) is 4.25. The van der Waals surface area contributed by atoms with Crippen LogP contribution in [0.15, 0.2) is 48.5 Å². The second-order valence-corrected chi connectivity index (χ2v) is 6.35. The van der Waals surface area contributed by atoms with Crippen molar-refractivity contribution in [3.63, 3.8) is 0 Å². The predicted molar refractivity (Wildman–Crippen MR) is 97.2 cm³/mol. The Balaban J connectivity index is 1.82. The molecule has 1 amide bonds. The lowest BCUT2D eigenvalue weighted by Crippen LogP contribution is -2.28. The number of halogens is 1. The SMILES string of the molecule is C[C@@H](NC(=O)c1cc2ccc(Cl)cc2n1C)c1ccc(C(=O)O)cc1. The number of nitrogens with one attached hydrogen (secondary N) is 1. The van der Waals surface area contributed by atoms with Crippen LogP contribution in [0, 0.1) is 0 Å². The van der Waals surface area contributed by atoms with Crippen LogP contribution in [0.2, 0.25) is 5.02 Å². The third-order valence-corrected chi connectivity index (χ3v) is 4.48. The van der Waals surface area contributed by atoms with Gasteiger partial charge >= 0.3 is 5.97 Å². The van der Waals surface area contributed by atoms with Crippen LogP contribution in [0.5, 0.6) is 0 Å². The van der Waals surface area contributed by atoms with Crippen LogP contribution >= 0.6 is 11.6 Å². The third kappa shape index (κ3) is 3.37. The lowest BCUT2D eigenvalue weighted by atomic mass is 10.1. The van der Waals surface area contributed by atoms with Gasteiger partial charge in [-0.25, -0.2) is 4.79 Å². The molecule has 0 fully saturated rings. The highest BCUT2D eigenvalue weighted by Gasteiger charge is 2.16. The van der Waals surface area contributed by atoms with Crippen molar-refractivity contribution in [2.45, 2.75) is 13.0 Å². The van der Waals surface area contributed by atoms with Gasteiger partial charge in [-0.2, -0.15) is 0 Å². The molecule has 0 aliphatic heterocycles. The fourth-order valence-corrected chi connectivity index (χ4v) is 2.96. The maximum Gasteiger partial charge on any atom is 0.335 e. The van der Waals surface area contributed by atoms with Gasteiger partial charge in [0.1, 0.15) is 5.69 Å². The number of aryl methyl sites for hydroxylation is 1. The van der Waals surface area contributed by atoms with E-state index in [9.17, 15) is 9.59 Å². The van der Waals surface area contributed by atoms with Crippen molar-refractivity contribution in [1.29, 1.82) is 0 Å². The molecule has 1 atom stereocenters. The predicted octanol–water partition coefficient (Wildman–Crippen LogP) is 4.02. The molecular formula is C19H17ClN2O3. The van der Waals surface area contributed by atoms with Crippen molar-refractivity contribution < 1.29 is 14.7 Å². The fourth-order valence-electron chi connectivity index (χ4n) is 2.79. The van der Waals surface area contributed by atoms with E-state index in [0.29, 0.717) is 10.7 Å². The Morgan fingerprint density at radius 3 is 2.44 bits per heavy atom. The lowest BCUT2D eigenvalue weighted by molar-refractivity contribution is 0.0696. The largest absolute Gasteiger partial charge is 0.478 e. The summed E-state index contributed by atoms with van der Waals surface area (Å²) in [5.41, 5.74) is 2.47. The van der Waals surface area contributed by atoms with E-state index in [-0.39, 0.29) is 17.5 Å². The zero-order valence-electron chi connectivity index (χ0n) is 13.8. The zero-order chi connectivity index (χ0) is 18.1. The van der Waals surface area contributed by atoms with Crippen molar-refractivity contribution in [3.8, 4) is 0 Å². The van der Waals surface area contributed by atoms with E-state index in [4.69, 9.17) is 16.7 Å². The number of aromatic nitrogens is 1. The minimum Gasteiger partial charge on any atom is -0.478 e. The molecule has 0 unspecified atom stereocenters. The van der Waals surface area contributed by atoms with Gasteiger partial charge in [0.15, 0.2) is 0 Å². The molecule has 0 spiro atoms. The first-order valence-electron chi connectivity index (χ1n) is 7.76. The van der Waals surface area contributed by atoms with Crippen molar-refractivity contribution in [1.82, 2.24) is 9.88 Å². The van der Waals surface area contributed by atoms with Crippen molar-refractivity contribution in [2.24, 2.45) is 7.05 Å². The van der Waals surface area contributed by atoms with Crippen LogP contribution < -0.4 is 5.32 Å². The van der Waals surface area contributed by atoms with Gasteiger partial charge in [0.2, 0.25) is 0 Å². The monoisotopic (exact) mass is 356 g/mol. The molecule has 25 heavy (non-hydrogen) atoms. The number of hydrogen-bond acceptors (Lipinski definition) is 2. The Labute approximate surface area is 149 Å². The Kier molecular flexibility index (Phi) is 4.51. The summed E-state index contributed by atoms with van der Waals surface area (Å²) >= 11 is 6.02. The number of carbonyl (C=O) groups excluding carboxylic acids is 1. The molecule has 2 N–H and O–H groups in total. The Bertz CT molecular complexity index is 961. The van der Waals surface area contributed by atoms with E-state index in [2.05, 4.69) is 5.32 Å². The molecule has 3 rings (SSSR count). The number of hydrogen-bond donors (Lipinski definition) is 2. The number of carboxylic acids is 1. The second kappa shape index (κ2) is 6.61. The topological polar surface area (TPSA) is 71.3 Å². The molecule has 1 aromatic heterocycles. The number of nitrogens with zero attached hydrogens (tertiary/aromatic N) is 1. The molecule has 0 saturated heterocycles. The second-order valence-electron chi connectivity index (χ2n) is 5.91. The average Bonchev–Trinajstić information content (AvgIpc) is 2.91. The van der Waals surface area contributed by atoms with Gasteiger partial charge in [-0.1, -0.05) is 29.8 Å². The van der Waals surface area contributed by atoms with E-state index in [1.165, 1.54) is 12.1 Å². The minimum absolute atomic E-state index is 0.204. The molecule has 1 heterocycles. The number of aromatic carboxylic acids is 1. The summed E-state index contributed by atoms with van der Waals surface area (Å²) in [7, 11) is 1.82. The van der Waals surface area contributed by atoms with Crippen LogP contribution in [0.4, 0.5) is 0 Å². The molecule has 2 aromatic carbocycles. The van der Waals surface area contributed by atoms with Gasteiger partial charge in [0, 0.05) is 23.0 Å². The summed E-state index contributed by atoms with van der Waals surface area (Å²) in [6.45, 7) is 1.85. The molecule has 5 nitrogen and oxygen atoms in total. The minimum atomic E-state index is -0.975. The smallest absolute Gasteiger partial charge is 0.335 e. The maximum atomic E-state index is 12.6. The zero-order valence-corrected chi connectivity index (χ0v) is 14.5. The number of rotatable bonds is 4. The summed E-state index contributed by atoms with van der Waals surface area (Å²) in [4.78, 5) is 23.5. The quantitative estimate of drug-likeness (QED) is 0.741. The Morgan fingerprint density at radius 2 is 1.80 bits per heavy atom. The lowest BCUT2D eigenvalue weighted by Gasteiger charge is -2.15. The number of amides is 1. The van der Waals surface area contributed by atoms with E-state index < -0.39 is 5.97 Å². The van der Waals surface area contributed by atoms with E-state index in [1.807, 2.05) is 32.2 Å². The first-order chi connectivity index (χ1) is 11.9. The maximum absolute atomic E-state index is 12.6. The summed E-state index contributed by atoms with van der Waals surface area (Å²) < 4.78 is 1.80. The van der Waals surface area contributed by atoms with E-state index >= 15 is 0 Å². The molecule has 0 bridgehead atoms. The van der Waals surface area contributed by atoms with E-state index in [0.717, 1.165) is 16.5 Å². The van der Waals surface area contributed by atoms with Gasteiger partial charge in [0.25, 0.3) is 5.91 Å². The summed E-state index contributed by atoms with van der Waals surface area (Å²) in [5, 5.41) is 13.4. The number of carboxylic acid groups (broad SMARTS) is 1. The molecule has 6 heteroatoms. The fraction of sp³-hybridized carbons (Fsp3) is 0.158. The van der Waals surface area contributed by atoms with Crippen molar-refractivity contribution >= 4 is 34.4 Å². The molecule has 128 valence electrons. The molecule has 3 aromatic rings. The number of benzene rings is 2. The Hall–Kier alpha value is -2.79. The highest BCUT2D eigenvalue weighted by atomic mass is 35.5. The van der Waals surface area contributed by atoms with Crippen LogP contribution in [-0.2, 0) is 7.05 Å². The summed E-state index contributed by atoms with van der Waals surface area (Å²) in [5.74, 6) is -1.18. The van der Waals surface area contributed by atoms with Crippen molar-refractivity contribution in [2.75, 3.05) is 0 Å². The molecular weight excluding hydrogens is 340 g/mol. The molecule has 0 aliphatic rings. The summed E-state index contributed by atoms with van der Waals surface area (Å²) in [6.07, 6.45) is 0. The number of carbonyl (C=O) groups is 2. The van der Waals surface area contributed by atoms with Crippen LogP contribution in [0.3, 0.4) is 0 Å². The number of fused-ring (bicyclic) bond motifs is 1. The highest BCUT2D eigenvalue weighted by molar-refractivity contribution is 6.31. The van der Waals surface area contributed by atoms with Gasteiger partial charge in [-0.05, 0) is 42.8 Å².